The quantitative estimate of drug-likeness (QED) is 0.694. The number of benzene rings is 1. The molecule has 2 aliphatic rings. The molecule has 1 aromatic carbocycles. The standard InChI is InChI=1S/C15H19FN2O4/c16-10-3-1-9(2-4-10)15(20)17-5-13-14(19)12(8-22-13)18-11-6-21-7-11/h1-4,11-14,18-19H,5-8H2,(H,17,20). The zero-order valence-electron chi connectivity index (χ0n) is 12.0. The van der Waals surface area contributed by atoms with Crippen LogP contribution in [0.4, 0.5) is 4.39 Å². The highest BCUT2D eigenvalue weighted by Crippen LogP contribution is 2.16. The summed E-state index contributed by atoms with van der Waals surface area (Å²) in [6.45, 7) is 1.90. The molecule has 120 valence electrons. The second-order valence-electron chi connectivity index (χ2n) is 5.59. The van der Waals surface area contributed by atoms with E-state index in [0.29, 0.717) is 25.4 Å². The Morgan fingerprint density at radius 3 is 2.64 bits per heavy atom. The lowest BCUT2D eigenvalue weighted by Crippen LogP contribution is -2.54. The molecule has 0 saturated carbocycles. The highest BCUT2D eigenvalue weighted by molar-refractivity contribution is 5.94. The van der Waals surface area contributed by atoms with Crippen molar-refractivity contribution in [2.75, 3.05) is 26.4 Å². The summed E-state index contributed by atoms with van der Waals surface area (Å²) in [5.41, 5.74) is 0.371. The monoisotopic (exact) mass is 310 g/mol. The lowest BCUT2D eigenvalue weighted by atomic mass is 10.1. The van der Waals surface area contributed by atoms with E-state index >= 15 is 0 Å². The molecule has 2 aliphatic heterocycles. The Hall–Kier alpha value is -1.54. The first kappa shape index (κ1) is 15.4. The number of carbonyl (C=O) groups is 1. The second kappa shape index (κ2) is 6.70. The van der Waals surface area contributed by atoms with Crippen molar-refractivity contribution in [1.29, 1.82) is 0 Å². The maximum atomic E-state index is 12.8. The van der Waals surface area contributed by atoms with E-state index in [0.717, 1.165) is 0 Å². The van der Waals surface area contributed by atoms with Crippen LogP contribution in [0.25, 0.3) is 0 Å². The van der Waals surface area contributed by atoms with Gasteiger partial charge in [0.05, 0.1) is 38.0 Å². The number of ether oxygens (including phenoxy) is 2. The minimum absolute atomic E-state index is 0.151. The van der Waals surface area contributed by atoms with Crippen LogP contribution in [0.15, 0.2) is 24.3 Å². The molecular weight excluding hydrogens is 291 g/mol. The van der Waals surface area contributed by atoms with E-state index in [2.05, 4.69) is 10.6 Å². The zero-order chi connectivity index (χ0) is 15.5. The van der Waals surface area contributed by atoms with E-state index < -0.39 is 12.2 Å². The van der Waals surface area contributed by atoms with Gasteiger partial charge in [-0.2, -0.15) is 0 Å². The number of aliphatic hydroxyl groups excluding tert-OH is 1. The molecule has 3 rings (SSSR count). The number of nitrogens with one attached hydrogen (secondary N) is 2. The SMILES string of the molecule is O=C(NCC1OCC(NC2COC2)C1O)c1ccc(F)cc1. The van der Waals surface area contributed by atoms with E-state index in [4.69, 9.17) is 9.47 Å². The largest absolute Gasteiger partial charge is 0.389 e. The number of rotatable bonds is 5. The highest BCUT2D eigenvalue weighted by atomic mass is 19.1. The van der Waals surface area contributed by atoms with Crippen molar-refractivity contribution in [3.63, 3.8) is 0 Å². The maximum Gasteiger partial charge on any atom is 0.251 e. The number of amides is 1. The van der Waals surface area contributed by atoms with E-state index in [1.54, 1.807) is 0 Å². The van der Waals surface area contributed by atoms with Crippen LogP contribution in [0, 0.1) is 5.82 Å². The number of carbonyl (C=O) groups excluding carboxylic acids is 1. The van der Waals surface area contributed by atoms with Gasteiger partial charge in [0.1, 0.15) is 11.9 Å². The second-order valence-corrected chi connectivity index (χ2v) is 5.59. The van der Waals surface area contributed by atoms with Gasteiger partial charge in [0, 0.05) is 12.1 Å². The number of aliphatic hydroxyl groups is 1. The van der Waals surface area contributed by atoms with Gasteiger partial charge in [-0.25, -0.2) is 4.39 Å². The molecule has 0 radical (unpaired) electrons. The molecule has 22 heavy (non-hydrogen) atoms. The average molecular weight is 310 g/mol. The third kappa shape index (κ3) is 3.44. The Balaban J connectivity index is 1.47. The van der Waals surface area contributed by atoms with E-state index in [1.165, 1.54) is 24.3 Å². The molecule has 2 saturated heterocycles. The smallest absolute Gasteiger partial charge is 0.251 e. The molecule has 2 heterocycles. The van der Waals surface area contributed by atoms with Crippen molar-refractivity contribution < 1.29 is 23.8 Å². The van der Waals surface area contributed by atoms with Gasteiger partial charge in [-0.05, 0) is 24.3 Å². The van der Waals surface area contributed by atoms with Gasteiger partial charge in [-0.3, -0.25) is 4.79 Å². The molecule has 0 aromatic heterocycles. The van der Waals surface area contributed by atoms with Crippen molar-refractivity contribution in [3.05, 3.63) is 35.6 Å². The zero-order valence-corrected chi connectivity index (χ0v) is 12.0. The van der Waals surface area contributed by atoms with Gasteiger partial charge in [-0.15, -0.1) is 0 Å². The Kier molecular flexibility index (Phi) is 4.68. The summed E-state index contributed by atoms with van der Waals surface area (Å²) < 4.78 is 23.4. The normalized spacial score (nSPS) is 28.4. The molecular formula is C15H19FN2O4. The van der Waals surface area contributed by atoms with Gasteiger partial charge in [0.2, 0.25) is 0 Å². The van der Waals surface area contributed by atoms with Crippen LogP contribution in [0.1, 0.15) is 10.4 Å². The summed E-state index contributed by atoms with van der Waals surface area (Å²) >= 11 is 0. The summed E-state index contributed by atoms with van der Waals surface area (Å²) in [5, 5.41) is 16.2. The summed E-state index contributed by atoms with van der Waals surface area (Å²) in [7, 11) is 0. The maximum absolute atomic E-state index is 12.8. The Morgan fingerprint density at radius 2 is 2.00 bits per heavy atom. The topological polar surface area (TPSA) is 79.8 Å². The first-order chi connectivity index (χ1) is 10.6. The lowest BCUT2D eigenvalue weighted by Gasteiger charge is -2.30. The van der Waals surface area contributed by atoms with Crippen LogP contribution in [-0.4, -0.2) is 61.7 Å². The highest BCUT2D eigenvalue weighted by Gasteiger charge is 2.38. The van der Waals surface area contributed by atoms with Gasteiger partial charge in [0.15, 0.2) is 0 Å². The van der Waals surface area contributed by atoms with Crippen LogP contribution in [0.3, 0.4) is 0 Å². The fourth-order valence-electron chi connectivity index (χ4n) is 2.54. The van der Waals surface area contributed by atoms with Crippen molar-refractivity contribution in [2.24, 2.45) is 0 Å². The molecule has 3 unspecified atom stereocenters. The molecule has 0 aliphatic carbocycles. The van der Waals surface area contributed by atoms with E-state index in [-0.39, 0.29) is 30.4 Å². The molecule has 0 bridgehead atoms. The van der Waals surface area contributed by atoms with E-state index in [1.807, 2.05) is 0 Å². The summed E-state index contributed by atoms with van der Waals surface area (Å²) in [4.78, 5) is 11.9. The average Bonchev–Trinajstić information content (AvgIpc) is 2.82. The van der Waals surface area contributed by atoms with Gasteiger partial charge < -0.3 is 25.2 Å². The number of hydrogen-bond donors (Lipinski definition) is 3. The van der Waals surface area contributed by atoms with Crippen LogP contribution in [-0.2, 0) is 9.47 Å². The molecule has 3 atom stereocenters. The van der Waals surface area contributed by atoms with Gasteiger partial charge in [0.25, 0.3) is 5.91 Å². The third-order valence-electron chi connectivity index (χ3n) is 3.94. The van der Waals surface area contributed by atoms with Crippen molar-refractivity contribution in [3.8, 4) is 0 Å². The first-order valence-corrected chi connectivity index (χ1v) is 7.30. The number of hydrogen-bond acceptors (Lipinski definition) is 5. The molecule has 1 amide bonds. The fraction of sp³-hybridized carbons (Fsp3) is 0.533. The summed E-state index contributed by atoms with van der Waals surface area (Å²) in [5.74, 6) is -0.709. The molecule has 7 heteroatoms. The predicted molar refractivity (Wildman–Crippen MR) is 76.0 cm³/mol. The Morgan fingerprint density at radius 1 is 1.27 bits per heavy atom. The summed E-state index contributed by atoms with van der Waals surface area (Å²) in [6, 6.07) is 5.40. The third-order valence-corrected chi connectivity index (χ3v) is 3.94. The number of halogens is 1. The van der Waals surface area contributed by atoms with Crippen LogP contribution < -0.4 is 10.6 Å². The van der Waals surface area contributed by atoms with Gasteiger partial charge >= 0.3 is 0 Å². The van der Waals surface area contributed by atoms with Crippen molar-refractivity contribution in [2.45, 2.75) is 24.3 Å². The fourth-order valence-corrected chi connectivity index (χ4v) is 2.54. The molecule has 1 aromatic rings. The van der Waals surface area contributed by atoms with Crippen LogP contribution in [0.2, 0.25) is 0 Å². The predicted octanol–water partition coefficient (Wildman–Crippen LogP) is -0.328. The molecule has 2 fully saturated rings. The molecule has 6 nitrogen and oxygen atoms in total. The van der Waals surface area contributed by atoms with Crippen LogP contribution >= 0.6 is 0 Å². The van der Waals surface area contributed by atoms with Crippen molar-refractivity contribution in [1.82, 2.24) is 10.6 Å². The van der Waals surface area contributed by atoms with Crippen molar-refractivity contribution >= 4 is 5.91 Å². The van der Waals surface area contributed by atoms with Gasteiger partial charge in [-0.1, -0.05) is 0 Å². The summed E-state index contributed by atoms with van der Waals surface area (Å²) in [6.07, 6.45) is -1.14. The minimum atomic E-state index is -0.686. The minimum Gasteiger partial charge on any atom is -0.389 e. The Bertz CT molecular complexity index is 521. The van der Waals surface area contributed by atoms with Crippen LogP contribution in [0.5, 0.6) is 0 Å². The molecule has 0 spiro atoms. The lowest BCUT2D eigenvalue weighted by molar-refractivity contribution is -0.0165. The Labute approximate surface area is 127 Å². The molecule has 3 N–H and O–H groups in total. The van der Waals surface area contributed by atoms with E-state index in [9.17, 15) is 14.3 Å². The first-order valence-electron chi connectivity index (χ1n) is 7.30.